The minimum atomic E-state index is -1.13. The van der Waals surface area contributed by atoms with Gasteiger partial charge in [0.2, 0.25) is 0 Å². The van der Waals surface area contributed by atoms with Crippen LogP contribution < -0.4 is 0 Å². The fourth-order valence-corrected chi connectivity index (χ4v) is 1.24. The summed E-state index contributed by atoms with van der Waals surface area (Å²) in [5.41, 5.74) is 0. The van der Waals surface area contributed by atoms with E-state index >= 15 is 0 Å². The van der Waals surface area contributed by atoms with E-state index < -0.39 is 17.9 Å². The summed E-state index contributed by atoms with van der Waals surface area (Å²) in [6.07, 6.45) is 4.95. The molecule has 13 heavy (non-hydrogen) atoms. The van der Waals surface area contributed by atoms with Gasteiger partial charge in [-0.05, 0) is 31.2 Å². The average molecular weight is 180 g/mol. The zero-order valence-corrected chi connectivity index (χ0v) is 7.02. The quantitative estimate of drug-likeness (QED) is 0.504. The van der Waals surface area contributed by atoms with Crippen molar-refractivity contribution < 1.29 is 19.1 Å². The molecule has 0 radical (unpaired) electrons. The Kier molecular flexibility index (Phi) is 1.60. The number of rotatable bonds is 0. The lowest BCUT2D eigenvalue weighted by atomic mass is 10.1. The second-order valence-corrected chi connectivity index (χ2v) is 2.97. The van der Waals surface area contributed by atoms with E-state index in [0.29, 0.717) is 0 Å². The van der Waals surface area contributed by atoms with Crippen molar-refractivity contribution in [2.45, 2.75) is 18.8 Å². The van der Waals surface area contributed by atoms with E-state index in [1.54, 1.807) is 6.92 Å². The Morgan fingerprint density at radius 1 is 1.31 bits per heavy atom. The number of hydrogen-bond acceptors (Lipinski definition) is 4. The number of carbonyl (C=O) groups excluding carboxylic acids is 2. The van der Waals surface area contributed by atoms with Crippen LogP contribution in [0.25, 0.3) is 0 Å². The molecule has 4 heteroatoms. The van der Waals surface area contributed by atoms with E-state index in [1.165, 1.54) is 24.3 Å². The first-order valence-electron chi connectivity index (χ1n) is 3.94. The van der Waals surface area contributed by atoms with E-state index in [0.717, 1.165) is 0 Å². The van der Waals surface area contributed by atoms with Gasteiger partial charge in [-0.2, -0.15) is 0 Å². The summed E-state index contributed by atoms with van der Waals surface area (Å²) in [7, 11) is 0. The summed E-state index contributed by atoms with van der Waals surface area (Å²) in [5, 5.41) is 0. The highest BCUT2D eigenvalue weighted by Gasteiger charge is 2.43. The predicted octanol–water partition coefficient (Wildman–Crippen LogP) is 0.340. The van der Waals surface area contributed by atoms with Crippen LogP contribution in [-0.4, -0.2) is 23.6 Å². The molecule has 2 aliphatic rings. The van der Waals surface area contributed by atoms with Crippen LogP contribution in [0.15, 0.2) is 24.3 Å². The molecule has 0 amide bonds. The molecule has 1 aliphatic heterocycles. The third-order valence-corrected chi connectivity index (χ3v) is 1.91. The molecule has 0 saturated carbocycles. The number of ether oxygens (including phenoxy) is 2. The SMILES string of the molecule is CC1OC2(C=CC(=O)C=C2)OC1=O. The summed E-state index contributed by atoms with van der Waals surface area (Å²) in [4.78, 5) is 21.8. The van der Waals surface area contributed by atoms with E-state index in [9.17, 15) is 9.59 Å². The highest BCUT2D eigenvalue weighted by molar-refractivity contribution is 6.00. The lowest BCUT2D eigenvalue weighted by Gasteiger charge is -2.20. The van der Waals surface area contributed by atoms with Crippen molar-refractivity contribution in [1.82, 2.24) is 0 Å². The minimum absolute atomic E-state index is 0.134. The maximum Gasteiger partial charge on any atom is 0.338 e. The first kappa shape index (κ1) is 8.19. The van der Waals surface area contributed by atoms with Crippen molar-refractivity contribution in [3.05, 3.63) is 24.3 Å². The summed E-state index contributed by atoms with van der Waals surface area (Å²) >= 11 is 0. The molecule has 1 saturated heterocycles. The van der Waals surface area contributed by atoms with Crippen molar-refractivity contribution in [3.63, 3.8) is 0 Å². The van der Waals surface area contributed by atoms with E-state index in [1.807, 2.05) is 0 Å². The number of allylic oxidation sites excluding steroid dienone is 2. The molecule has 0 bridgehead atoms. The van der Waals surface area contributed by atoms with Gasteiger partial charge in [-0.1, -0.05) is 0 Å². The first-order chi connectivity index (χ1) is 6.11. The lowest BCUT2D eigenvalue weighted by molar-refractivity contribution is -0.147. The zero-order valence-electron chi connectivity index (χ0n) is 7.02. The molecule has 4 nitrogen and oxygen atoms in total. The molecule has 1 spiro atoms. The standard InChI is InChI=1S/C9H8O4/c1-6-8(11)13-9(12-6)4-2-7(10)3-5-9/h2-6H,1H3. The molecule has 0 aromatic carbocycles. The second-order valence-electron chi connectivity index (χ2n) is 2.97. The van der Waals surface area contributed by atoms with Crippen LogP contribution in [0.2, 0.25) is 0 Å². The van der Waals surface area contributed by atoms with Crippen molar-refractivity contribution in [1.29, 1.82) is 0 Å². The van der Waals surface area contributed by atoms with E-state index in [-0.39, 0.29) is 5.78 Å². The third-order valence-electron chi connectivity index (χ3n) is 1.91. The number of ketones is 1. The first-order valence-corrected chi connectivity index (χ1v) is 3.94. The summed E-state index contributed by atoms with van der Waals surface area (Å²) in [6.45, 7) is 1.61. The van der Waals surface area contributed by atoms with Crippen LogP contribution in [0, 0.1) is 0 Å². The fourth-order valence-electron chi connectivity index (χ4n) is 1.24. The Balaban J connectivity index is 2.26. The molecular weight excluding hydrogens is 172 g/mol. The predicted molar refractivity (Wildman–Crippen MR) is 42.7 cm³/mol. The van der Waals surface area contributed by atoms with Crippen molar-refractivity contribution in [3.8, 4) is 0 Å². The average Bonchev–Trinajstić information content (AvgIpc) is 2.36. The van der Waals surface area contributed by atoms with Gasteiger partial charge in [0.05, 0.1) is 0 Å². The van der Waals surface area contributed by atoms with Crippen LogP contribution >= 0.6 is 0 Å². The minimum Gasteiger partial charge on any atom is -0.423 e. The third kappa shape index (κ3) is 1.29. The molecule has 68 valence electrons. The molecule has 0 aromatic rings. The van der Waals surface area contributed by atoms with Gasteiger partial charge in [-0.25, -0.2) is 4.79 Å². The molecule has 2 rings (SSSR count). The Morgan fingerprint density at radius 3 is 2.38 bits per heavy atom. The van der Waals surface area contributed by atoms with Crippen molar-refractivity contribution in [2.24, 2.45) is 0 Å². The van der Waals surface area contributed by atoms with Crippen molar-refractivity contribution >= 4 is 11.8 Å². The van der Waals surface area contributed by atoms with Crippen molar-refractivity contribution in [2.75, 3.05) is 0 Å². The zero-order chi connectivity index (χ0) is 9.47. The Bertz CT molecular complexity index is 311. The van der Waals surface area contributed by atoms with Gasteiger partial charge in [-0.15, -0.1) is 0 Å². The van der Waals surface area contributed by atoms with Gasteiger partial charge < -0.3 is 9.47 Å². The second kappa shape index (κ2) is 2.53. The van der Waals surface area contributed by atoms with Gasteiger partial charge in [0.25, 0.3) is 5.79 Å². The molecule has 1 aliphatic carbocycles. The number of carbonyl (C=O) groups is 2. The molecule has 0 N–H and O–H groups in total. The van der Waals surface area contributed by atoms with Gasteiger partial charge in [0.1, 0.15) is 0 Å². The normalized spacial score (nSPS) is 29.8. The van der Waals surface area contributed by atoms with Crippen LogP contribution in [0.4, 0.5) is 0 Å². The topological polar surface area (TPSA) is 52.6 Å². The largest absolute Gasteiger partial charge is 0.423 e. The lowest BCUT2D eigenvalue weighted by Crippen LogP contribution is -2.27. The summed E-state index contributed by atoms with van der Waals surface area (Å²) < 4.78 is 10.2. The Morgan fingerprint density at radius 2 is 1.92 bits per heavy atom. The molecular formula is C9H8O4. The van der Waals surface area contributed by atoms with Crippen LogP contribution in [0.3, 0.4) is 0 Å². The monoisotopic (exact) mass is 180 g/mol. The fraction of sp³-hybridized carbons (Fsp3) is 0.333. The maximum absolute atomic E-state index is 11.0. The van der Waals surface area contributed by atoms with Crippen LogP contribution in [0.5, 0.6) is 0 Å². The maximum atomic E-state index is 11.0. The Hall–Kier alpha value is -1.42. The smallest absolute Gasteiger partial charge is 0.338 e. The van der Waals surface area contributed by atoms with Crippen LogP contribution in [0.1, 0.15) is 6.92 Å². The van der Waals surface area contributed by atoms with Gasteiger partial charge in [-0.3, -0.25) is 4.79 Å². The molecule has 0 aromatic heterocycles. The van der Waals surface area contributed by atoms with E-state index in [4.69, 9.17) is 9.47 Å². The van der Waals surface area contributed by atoms with Crippen LogP contribution in [-0.2, 0) is 19.1 Å². The number of hydrogen-bond donors (Lipinski definition) is 0. The highest BCUT2D eigenvalue weighted by atomic mass is 16.8. The molecule has 1 heterocycles. The van der Waals surface area contributed by atoms with Gasteiger partial charge >= 0.3 is 5.97 Å². The van der Waals surface area contributed by atoms with Gasteiger partial charge in [0, 0.05) is 0 Å². The molecule has 1 unspecified atom stereocenters. The van der Waals surface area contributed by atoms with Gasteiger partial charge in [0.15, 0.2) is 11.9 Å². The Labute approximate surface area is 74.8 Å². The molecule has 1 atom stereocenters. The summed E-state index contributed by atoms with van der Waals surface area (Å²) in [5.74, 6) is -1.68. The number of esters is 1. The molecule has 1 fully saturated rings. The summed E-state index contributed by atoms with van der Waals surface area (Å²) in [6, 6.07) is 0. The van der Waals surface area contributed by atoms with E-state index in [2.05, 4.69) is 0 Å². The highest BCUT2D eigenvalue weighted by Crippen LogP contribution is 2.29.